The maximum atomic E-state index is 11.2. The summed E-state index contributed by atoms with van der Waals surface area (Å²) in [5.41, 5.74) is 0.210. The summed E-state index contributed by atoms with van der Waals surface area (Å²) in [5.74, 6) is -0.762. The van der Waals surface area contributed by atoms with Crippen molar-refractivity contribution in [3.05, 3.63) is 24.3 Å². The Kier molecular flexibility index (Phi) is 3.75. The molecule has 1 aromatic carbocycles. The predicted octanol–water partition coefficient (Wildman–Crippen LogP) is 1.03. The van der Waals surface area contributed by atoms with Gasteiger partial charge in [-0.2, -0.15) is 0 Å². The van der Waals surface area contributed by atoms with E-state index in [4.69, 9.17) is 5.14 Å². The number of carbonyl (C=O) groups is 1. The molecule has 0 unspecified atom stereocenters. The standard InChI is InChI=1S/C13H18N2O4S/c1-13(12(16)17)6-8-15(9-7-13)10-2-4-11(5-3-10)20(14,18)19/h2-5H,6-9H2,1H3,(H,16,17)(H2,14,18,19). The van der Waals surface area contributed by atoms with Gasteiger partial charge in [-0.15, -0.1) is 0 Å². The molecule has 6 nitrogen and oxygen atoms in total. The Morgan fingerprint density at radius 3 is 2.15 bits per heavy atom. The van der Waals surface area contributed by atoms with Crippen molar-refractivity contribution >= 4 is 21.7 Å². The van der Waals surface area contributed by atoms with E-state index in [9.17, 15) is 18.3 Å². The van der Waals surface area contributed by atoms with Crippen LogP contribution in [0.4, 0.5) is 5.69 Å². The zero-order valence-electron chi connectivity index (χ0n) is 11.2. The van der Waals surface area contributed by atoms with Crippen LogP contribution in [0.1, 0.15) is 19.8 Å². The molecule has 0 saturated carbocycles. The van der Waals surface area contributed by atoms with Crippen LogP contribution in [0, 0.1) is 5.41 Å². The first-order valence-electron chi connectivity index (χ1n) is 6.34. The van der Waals surface area contributed by atoms with Crippen LogP contribution in [0.2, 0.25) is 0 Å². The smallest absolute Gasteiger partial charge is 0.309 e. The molecule has 1 aromatic rings. The molecule has 1 fully saturated rings. The zero-order chi connectivity index (χ0) is 15.0. The number of primary sulfonamides is 1. The van der Waals surface area contributed by atoms with Gasteiger partial charge in [0.25, 0.3) is 0 Å². The second kappa shape index (κ2) is 5.06. The minimum Gasteiger partial charge on any atom is -0.481 e. The van der Waals surface area contributed by atoms with Crippen LogP contribution in [0.15, 0.2) is 29.2 Å². The first kappa shape index (κ1) is 14.8. The fraction of sp³-hybridized carbons (Fsp3) is 0.462. The highest BCUT2D eigenvalue weighted by Crippen LogP contribution is 2.33. The van der Waals surface area contributed by atoms with Gasteiger partial charge in [0.05, 0.1) is 10.3 Å². The normalized spacial score (nSPS) is 18.8. The number of nitrogens with zero attached hydrogens (tertiary/aromatic N) is 1. The van der Waals surface area contributed by atoms with Crippen molar-refractivity contribution in [2.24, 2.45) is 10.6 Å². The Bertz CT molecular complexity index is 602. The summed E-state index contributed by atoms with van der Waals surface area (Å²) in [6, 6.07) is 6.33. The number of hydrogen-bond acceptors (Lipinski definition) is 4. The lowest BCUT2D eigenvalue weighted by Gasteiger charge is -2.37. The molecular weight excluding hydrogens is 280 g/mol. The summed E-state index contributed by atoms with van der Waals surface area (Å²) in [6.07, 6.45) is 1.14. The van der Waals surface area contributed by atoms with Crippen LogP contribution in [-0.2, 0) is 14.8 Å². The van der Waals surface area contributed by atoms with E-state index in [0.717, 1.165) is 5.69 Å². The number of carboxylic acids is 1. The molecule has 1 saturated heterocycles. The summed E-state index contributed by atoms with van der Waals surface area (Å²) in [6.45, 7) is 3.03. The molecule has 7 heteroatoms. The SMILES string of the molecule is CC1(C(=O)O)CCN(c2ccc(S(N)(=O)=O)cc2)CC1. The van der Waals surface area contributed by atoms with Crippen LogP contribution in [0.25, 0.3) is 0 Å². The molecule has 110 valence electrons. The molecule has 1 aliphatic rings. The minimum absolute atomic E-state index is 0.0774. The monoisotopic (exact) mass is 298 g/mol. The van der Waals surface area contributed by atoms with Gasteiger partial charge in [-0.1, -0.05) is 0 Å². The summed E-state index contributed by atoms with van der Waals surface area (Å²) < 4.78 is 22.4. The Hall–Kier alpha value is -1.60. The van der Waals surface area contributed by atoms with Crippen molar-refractivity contribution in [3.63, 3.8) is 0 Å². The minimum atomic E-state index is -3.68. The van der Waals surface area contributed by atoms with Crippen LogP contribution in [0.5, 0.6) is 0 Å². The Morgan fingerprint density at radius 2 is 1.75 bits per heavy atom. The van der Waals surface area contributed by atoms with Crippen molar-refractivity contribution in [3.8, 4) is 0 Å². The van der Waals surface area contributed by atoms with E-state index in [1.165, 1.54) is 12.1 Å². The average molecular weight is 298 g/mol. The number of aliphatic carboxylic acids is 1. The lowest BCUT2D eigenvalue weighted by molar-refractivity contribution is -0.149. The first-order chi connectivity index (χ1) is 9.22. The van der Waals surface area contributed by atoms with Gasteiger partial charge in [0, 0.05) is 18.8 Å². The molecule has 3 N–H and O–H groups in total. The fourth-order valence-electron chi connectivity index (χ4n) is 2.32. The molecule has 0 bridgehead atoms. The van der Waals surface area contributed by atoms with Gasteiger partial charge in [0.15, 0.2) is 0 Å². The molecule has 1 heterocycles. The highest BCUT2D eigenvalue weighted by molar-refractivity contribution is 7.89. The van der Waals surface area contributed by atoms with Gasteiger partial charge < -0.3 is 10.0 Å². The predicted molar refractivity (Wildman–Crippen MR) is 75.0 cm³/mol. The second-order valence-corrected chi connectivity index (χ2v) is 6.95. The molecular formula is C13H18N2O4S. The van der Waals surface area contributed by atoms with Crippen LogP contribution >= 0.6 is 0 Å². The van der Waals surface area contributed by atoms with Crippen molar-refractivity contribution in [1.29, 1.82) is 0 Å². The van der Waals surface area contributed by atoms with E-state index in [0.29, 0.717) is 25.9 Å². The number of piperidine rings is 1. The molecule has 0 amide bonds. The number of hydrogen-bond donors (Lipinski definition) is 2. The molecule has 0 aliphatic carbocycles. The topological polar surface area (TPSA) is 101 Å². The van der Waals surface area contributed by atoms with E-state index >= 15 is 0 Å². The highest BCUT2D eigenvalue weighted by Gasteiger charge is 2.36. The van der Waals surface area contributed by atoms with Crippen LogP contribution in [0.3, 0.4) is 0 Å². The number of benzene rings is 1. The number of rotatable bonds is 3. The van der Waals surface area contributed by atoms with E-state index < -0.39 is 21.4 Å². The van der Waals surface area contributed by atoms with Gasteiger partial charge in [-0.3, -0.25) is 4.79 Å². The van der Waals surface area contributed by atoms with Gasteiger partial charge in [0.2, 0.25) is 10.0 Å². The quantitative estimate of drug-likeness (QED) is 0.868. The van der Waals surface area contributed by atoms with Gasteiger partial charge in [-0.05, 0) is 44.0 Å². The Balaban J connectivity index is 2.10. The first-order valence-corrected chi connectivity index (χ1v) is 7.88. The molecule has 2 rings (SSSR count). The van der Waals surface area contributed by atoms with E-state index in [1.807, 2.05) is 0 Å². The third-order valence-electron chi connectivity index (χ3n) is 3.91. The number of nitrogens with two attached hydrogens (primary N) is 1. The number of sulfonamides is 1. The Morgan fingerprint density at radius 1 is 1.25 bits per heavy atom. The number of anilines is 1. The molecule has 0 spiro atoms. The maximum absolute atomic E-state index is 11.2. The molecule has 0 radical (unpaired) electrons. The second-order valence-electron chi connectivity index (χ2n) is 5.39. The summed E-state index contributed by atoms with van der Waals surface area (Å²) in [5, 5.41) is 14.2. The molecule has 0 atom stereocenters. The fourth-order valence-corrected chi connectivity index (χ4v) is 2.83. The summed E-state index contributed by atoms with van der Waals surface area (Å²) in [7, 11) is -3.68. The molecule has 1 aliphatic heterocycles. The van der Waals surface area contributed by atoms with Crippen molar-refractivity contribution in [2.45, 2.75) is 24.7 Å². The highest BCUT2D eigenvalue weighted by atomic mass is 32.2. The van der Waals surface area contributed by atoms with Crippen molar-refractivity contribution in [1.82, 2.24) is 0 Å². The summed E-state index contributed by atoms with van der Waals surface area (Å²) >= 11 is 0. The van der Waals surface area contributed by atoms with E-state index in [2.05, 4.69) is 4.90 Å². The third-order valence-corrected chi connectivity index (χ3v) is 4.84. The van der Waals surface area contributed by atoms with Crippen LogP contribution < -0.4 is 10.0 Å². The lowest BCUT2D eigenvalue weighted by atomic mass is 9.80. The lowest BCUT2D eigenvalue weighted by Crippen LogP contribution is -2.42. The van der Waals surface area contributed by atoms with Crippen LogP contribution in [-0.4, -0.2) is 32.6 Å². The van der Waals surface area contributed by atoms with Gasteiger partial charge in [-0.25, -0.2) is 13.6 Å². The van der Waals surface area contributed by atoms with E-state index in [1.54, 1.807) is 19.1 Å². The van der Waals surface area contributed by atoms with Gasteiger partial charge in [0.1, 0.15) is 0 Å². The van der Waals surface area contributed by atoms with E-state index in [-0.39, 0.29) is 4.90 Å². The molecule has 0 aromatic heterocycles. The molecule has 20 heavy (non-hydrogen) atoms. The zero-order valence-corrected chi connectivity index (χ0v) is 12.1. The van der Waals surface area contributed by atoms with Gasteiger partial charge >= 0.3 is 5.97 Å². The Labute approximate surface area is 118 Å². The number of carboxylic acid groups (broad SMARTS) is 1. The largest absolute Gasteiger partial charge is 0.481 e. The average Bonchev–Trinajstić information content (AvgIpc) is 2.38. The summed E-state index contributed by atoms with van der Waals surface area (Å²) in [4.78, 5) is 13.3. The van der Waals surface area contributed by atoms with Crippen molar-refractivity contribution < 1.29 is 18.3 Å². The van der Waals surface area contributed by atoms with Crippen molar-refractivity contribution in [2.75, 3.05) is 18.0 Å². The third kappa shape index (κ3) is 2.94. The maximum Gasteiger partial charge on any atom is 0.309 e.